The lowest BCUT2D eigenvalue weighted by Gasteiger charge is -2.17. The number of benzene rings is 1. The maximum atomic E-state index is 12.1. The Hall–Kier alpha value is -2.17. The van der Waals surface area contributed by atoms with E-state index in [4.69, 9.17) is 18.9 Å². The average Bonchev–Trinajstić information content (AvgIpc) is 2.83. The van der Waals surface area contributed by atoms with Gasteiger partial charge >= 0.3 is 5.97 Å². The Morgan fingerprint density at radius 3 is 1.60 bits per heavy atom. The summed E-state index contributed by atoms with van der Waals surface area (Å²) in [5.74, 6) is 1.75. The van der Waals surface area contributed by atoms with Crippen LogP contribution in [0.1, 0.15) is 117 Å². The van der Waals surface area contributed by atoms with Crippen LogP contribution in [0.5, 0.6) is 17.2 Å². The van der Waals surface area contributed by atoms with Crippen LogP contribution in [-0.4, -0.2) is 31.9 Å². The second-order valence-electron chi connectivity index (χ2n) is 9.38. The lowest BCUT2D eigenvalue weighted by Crippen LogP contribution is -2.08. The summed E-state index contributed by atoms with van der Waals surface area (Å²) in [5, 5.41) is 0. The molecule has 0 aliphatic rings. The third kappa shape index (κ3) is 14.7. The zero-order valence-corrected chi connectivity index (χ0v) is 23.0. The van der Waals surface area contributed by atoms with Gasteiger partial charge in [0.25, 0.3) is 0 Å². The van der Waals surface area contributed by atoms with Gasteiger partial charge in [-0.3, -0.25) is 0 Å². The molecule has 0 spiro atoms. The van der Waals surface area contributed by atoms with Crippen LogP contribution in [0.15, 0.2) is 18.2 Å². The Morgan fingerprint density at radius 2 is 1.14 bits per heavy atom. The zero-order valence-electron chi connectivity index (χ0n) is 23.0. The van der Waals surface area contributed by atoms with Crippen molar-refractivity contribution in [1.82, 2.24) is 0 Å². The summed E-state index contributed by atoms with van der Waals surface area (Å²) in [7, 11) is 0. The number of hydrogen-bond donors (Lipinski definition) is 0. The van der Waals surface area contributed by atoms with Gasteiger partial charge in [-0.25, -0.2) is 4.79 Å². The van der Waals surface area contributed by atoms with E-state index in [0.717, 1.165) is 44.1 Å². The van der Waals surface area contributed by atoms with Gasteiger partial charge in [0.1, 0.15) is 5.75 Å². The van der Waals surface area contributed by atoms with Crippen LogP contribution in [0.25, 0.3) is 6.08 Å². The van der Waals surface area contributed by atoms with Crippen LogP contribution in [0.4, 0.5) is 0 Å². The predicted molar refractivity (Wildman–Crippen MR) is 146 cm³/mol. The summed E-state index contributed by atoms with van der Waals surface area (Å²) in [6.07, 6.45) is 16.7. The third-order valence-corrected chi connectivity index (χ3v) is 5.59. The van der Waals surface area contributed by atoms with Crippen molar-refractivity contribution < 1.29 is 23.7 Å². The maximum Gasteiger partial charge on any atom is 0.331 e. The second-order valence-corrected chi connectivity index (χ2v) is 9.38. The second kappa shape index (κ2) is 20.1. The Kier molecular flexibility index (Phi) is 17.7. The molecular weight excluding hydrogens is 440 g/mol. The van der Waals surface area contributed by atoms with Gasteiger partial charge in [0.2, 0.25) is 0 Å². The van der Waals surface area contributed by atoms with Gasteiger partial charge in [-0.2, -0.15) is 0 Å². The largest absolute Gasteiger partial charge is 0.493 e. The molecule has 0 aliphatic heterocycles. The minimum Gasteiger partial charge on any atom is -0.493 e. The highest BCUT2D eigenvalue weighted by molar-refractivity contribution is 5.88. The fourth-order valence-corrected chi connectivity index (χ4v) is 3.60. The van der Waals surface area contributed by atoms with Crippen molar-refractivity contribution in [2.75, 3.05) is 19.8 Å². The van der Waals surface area contributed by atoms with Crippen molar-refractivity contribution >= 4 is 12.0 Å². The first kappa shape index (κ1) is 30.9. The average molecular weight is 491 g/mol. The lowest BCUT2D eigenvalue weighted by molar-refractivity contribution is -0.141. The van der Waals surface area contributed by atoms with Gasteiger partial charge < -0.3 is 18.9 Å². The normalized spacial score (nSPS) is 11.3. The molecule has 0 aliphatic carbocycles. The van der Waals surface area contributed by atoms with E-state index >= 15 is 0 Å². The van der Waals surface area contributed by atoms with Gasteiger partial charge in [-0.15, -0.1) is 0 Å². The number of hydrogen-bond acceptors (Lipinski definition) is 5. The molecule has 0 N–H and O–H groups in total. The molecule has 200 valence electrons. The van der Waals surface area contributed by atoms with Gasteiger partial charge in [-0.1, -0.05) is 78.6 Å². The van der Waals surface area contributed by atoms with Crippen molar-refractivity contribution in [1.29, 1.82) is 0 Å². The van der Waals surface area contributed by atoms with E-state index in [1.807, 2.05) is 26.0 Å². The van der Waals surface area contributed by atoms with Gasteiger partial charge in [0, 0.05) is 17.7 Å². The molecule has 0 heterocycles. The standard InChI is InChI=1S/C30H50O5/c1-6-9-12-15-20-32-27-24-29(34-22-17-14-11-8-3)28(33-21-16-13-10-7-2)23-26(27)18-19-30(31)35-25(4)5/h18-19,23-25H,6-17,20-22H2,1-5H3. The van der Waals surface area contributed by atoms with E-state index in [0.29, 0.717) is 37.1 Å². The zero-order chi connectivity index (χ0) is 25.7. The fourth-order valence-electron chi connectivity index (χ4n) is 3.60. The van der Waals surface area contributed by atoms with E-state index in [1.54, 1.807) is 6.08 Å². The smallest absolute Gasteiger partial charge is 0.331 e. The molecule has 0 aromatic heterocycles. The minimum absolute atomic E-state index is 0.160. The van der Waals surface area contributed by atoms with Gasteiger partial charge in [0.15, 0.2) is 11.5 Å². The van der Waals surface area contributed by atoms with Crippen molar-refractivity contribution in [2.45, 2.75) is 118 Å². The summed E-state index contributed by atoms with van der Waals surface area (Å²) in [6, 6.07) is 3.86. The molecule has 1 aromatic carbocycles. The molecule has 0 atom stereocenters. The van der Waals surface area contributed by atoms with Crippen molar-refractivity contribution in [2.24, 2.45) is 0 Å². The molecule has 35 heavy (non-hydrogen) atoms. The molecular formula is C30H50O5. The molecule has 0 saturated carbocycles. The molecule has 0 unspecified atom stereocenters. The van der Waals surface area contributed by atoms with Crippen LogP contribution in [-0.2, 0) is 9.53 Å². The molecule has 1 aromatic rings. The summed E-state index contributed by atoms with van der Waals surface area (Å²) in [4.78, 5) is 12.1. The van der Waals surface area contributed by atoms with E-state index in [-0.39, 0.29) is 12.1 Å². The van der Waals surface area contributed by atoms with Crippen LogP contribution < -0.4 is 14.2 Å². The van der Waals surface area contributed by atoms with E-state index < -0.39 is 0 Å². The monoisotopic (exact) mass is 490 g/mol. The fraction of sp³-hybridized carbons (Fsp3) is 0.700. The number of esters is 1. The molecule has 5 nitrogen and oxygen atoms in total. The van der Waals surface area contributed by atoms with Crippen LogP contribution >= 0.6 is 0 Å². The number of unbranched alkanes of at least 4 members (excludes halogenated alkanes) is 9. The molecule has 0 amide bonds. The molecule has 0 fully saturated rings. The molecule has 0 radical (unpaired) electrons. The number of ether oxygens (including phenoxy) is 4. The Balaban J connectivity index is 3.07. The van der Waals surface area contributed by atoms with E-state index in [9.17, 15) is 4.79 Å². The highest BCUT2D eigenvalue weighted by Gasteiger charge is 2.14. The number of rotatable bonds is 21. The quantitative estimate of drug-likeness (QED) is 0.0981. The van der Waals surface area contributed by atoms with E-state index in [2.05, 4.69) is 20.8 Å². The first-order valence-corrected chi connectivity index (χ1v) is 14.0. The highest BCUT2D eigenvalue weighted by Crippen LogP contribution is 2.36. The van der Waals surface area contributed by atoms with Crippen molar-refractivity contribution in [3.8, 4) is 17.2 Å². The molecule has 5 heteroatoms. The summed E-state index contributed by atoms with van der Waals surface area (Å²) < 4.78 is 23.7. The lowest BCUT2D eigenvalue weighted by atomic mass is 10.1. The Labute approximate surface area is 214 Å². The maximum absolute atomic E-state index is 12.1. The van der Waals surface area contributed by atoms with Crippen molar-refractivity contribution in [3.63, 3.8) is 0 Å². The molecule has 0 bridgehead atoms. The number of carbonyl (C=O) groups excluding carboxylic acids is 1. The predicted octanol–water partition coefficient (Wildman–Crippen LogP) is 8.53. The SMILES string of the molecule is CCCCCCOc1cc(OCCCCCC)c(OCCCCCC)cc1C=CC(=O)OC(C)C. The Bertz CT molecular complexity index is 711. The van der Waals surface area contributed by atoms with Gasteiger partial charge in [-0.05, 0) is 45.3 Å². The van der Waals surface area contributed by atoms with E-state index in [1.165, 1.54) is 44.6 Å². The highest BCUT2D eigenvalue weighted by atomic mass is 16.5. The number of carbonyl (C=O) groups is 1. The van der Waals surface area contributed by atoms with Gasteiger partial charge in [0.05, 0.1) is 25.9 Å². The van der Waals surface area contributed by atoms with Crippen LogP contribution in [0.3, 0.4) is 0 Å². The summed E-state index contributed by atoms with van der Waals surface area (Å²) in [6.45, 7) is 12.2. The van der Waals surface area contributed by atoms with Crippen LogP contribution in [0, 0.1) is 0 Å². The third-order valence-electron chi connectivity index (χ3n) is 5.59. The topological polar surface area (TPSA) is 54.0 Å². The summed E-state index contributed by atoms with van der Waals surface area (Å²) >= 11 is 0. The van der Waals surface area contributed by atoms with Crippen molar-refractivity contribution in [3.05, 3.63) is 23.8 Å². The van der Waals surface area contributed by atoms with Crippen LogP contribution in [0.2, 0.25) is 0 Å². The first-order valence-electron chi connectivity index (χ1n) is 14.0. The first-order chi connectivity index (χ1) is 17.0. The minimum atomic E-state index is -0.368. The summed E-state index contributed by atoms with van der Waals surface area (Å²) in [5.41, 5.74) is 0.795. The molecule has 0 saturated heterocycles. The molecule has 1 rings (SSSR count). The Morgan fingerprint density at radius 1 is 0.686 bits per heavy atom.